The second kappa shape index (κ2) is 7.45. The topological polar surface area (TPSA) is 41.1 Å². The second-order valence-electron chi connectivity index (χ2n) is 4.13. The molecule has 0 aliphatic heterocycles. The molecular formula is C13H19BrN2O. The van der Waals surface area contributed by atoms with Crippen LogP contribution < -0.4 is 10.6 Å². The summed E-state index contributed by atoms with van der Waals surface area (Å²) in [5.41, 5.74) is 1.23. The lowest BCUT2D eigenvalue weighted by molar-refractivity contribution is -0.124. The lowest BCUT2D eigenvalue weighted by Crippen LogP contribution is -2.35. The molecule has 0 bridgehead atoms. The molecule has 0 spiro atoms. The van der Waals surface area contributed by atoms with Crippen molar-refractivity contribution in [2.45, 2.75) is 13.3 Å². The van der Waals surface area contributed by atoms with Gasteiger partial charge < -0.3 is 10.6 Å². The van der Waals surface area contributed by atoms with Crippen molar-refractivity contribution in [2.75, 3.05) is 20.1 Å². The van der Waals surface area contributed by atoms with E-state index >= 15 is 0 Å². The number of hydrogen-bond donors (Lipinski definition) is 2. The molecule has 1 amide bonds. The first-order valence-corrected chi connectivity index (χ1v) is 6.59. The van der Waals surface area contributed by atoms with E-state index in [1.165, 1.54) is 5.56 Å². The summed E-state index contributed by atoms with van der Waals surface area (Å²) in [6.45, 7) is 3.32. The first kappa shape index (κ1) is 14.2. The molecule has 1 unspecified atom stereocenters. The smallest absolute Gasteiger partial charge is 0.224 e. The molecule has 1 aromatic carbocycles. The van der Waals surface area contributed by atoms with Crippen LogP contribution in [0.2, 0.25) is 0 Å². The van der Waals surface area contributed by atoms with Crippen LogP contribution in [-0.2, 0) is 11.2 Å². The van der Waals surface area contributed by atoms with Crippen molar-refractivity contribution in [3.63, 3.8) is 0 Å². The SMILES string of the molecule is CNCC(C)C(=O)NCCc1ccc(Br)cc1. The van der Waals surface area contributed by atoms with E-state index in [0.29, 0.717) is 13.1 Å². The molecule has 1 rings (SSSR count). The van der Waals surface area contributed by atoms with Gasteiger partial charge in [0.05, 0.1) is 0 Å². The summed E-state index contributed by atoms with van der Waals surface area (Å²) in [6, 6.07) is 8.15. The highest BCUT2D eigenvalue weighted by molar-refractivity contribution is 9.10. The Kier molecular flexibility index (Phi) is 6.22. The molecule has 1 atom stereocenters. The molecule has 0 fully saturated rings. The Hall–Kier alpha value is -0.870. The monoisotopic (exact) mass is 298 g/mol. The first-order chi connectivity index (χ1) is 8.13. The highest BCUT2D eigenvalue weighted by Crippen LogP contribution is 2.10. The van der Waals surface area contributed by atoms with Crippen molar-refractivity contribution in [1.29, 1.82) is 0 Å². The van der Waals surface area contributed by atoms with Gasteiger partial charge in [0, 0.05) is 23.5 Å². The highest BCUT2D eigenvalue weighted by atomic mass is 79.9. The maximum Gasteiger partial charge on any atom is 0.224 e. The van der Waals surface area contributed by atoms with Gasteiger partial charge in [0.1, 0.15) is 0 Å². The number of carbonyl (C=O) groups excluding carboxylic acids is 1. The molecule has 17 heavy (non-hydrogen) atoms. The van der Waals surface area contributed by atoms with Crippen LogP contribution in [0.25, 0.3) is 0 Å². The molecule has 0 saturated heterocycles. The van der Waals surface area contributed by atoms with Gasteiger partial charge in [-0.25, -0.2) is 0 Å². The number of carbonyl (C=O) groups is 1. The summed E-state index contributed by atoms with van der Waals surface area (Å²) in [5.74, 6) is 0.126. The fourth-order valence-electron chi connectivity index (χ4n) is 1.55. The Bertz CT molecular complexity index is 351. The van der Waals surface area contributed by atoms with Crippen LogP contribution in [0, 0.1) is 5.92 Å². The summed E-state index contributed by atoms with van der Waals surface area (Å²) < 4.78 is 1.08. The third kappa shape index (κ3) is 5.33. The van der Waals surface area contributed by atoms with Crippen molar-refractivity contribution in [1.82, 2.24) is 10.6 Å². The normalized spacial score (nSPS) is 12.2. The molecule has 0 aliphatic carbocycles. The number of hydrogen-bond acceptors (Lipinski definition) is 2. The predicted molar refractivity (Wildman–Crippen MR) is 73.9 cm³/mol. The Morgan fingerprint density at radius 1 is 1.35 bits per heavy atom. The van der Waals surface area contributed by atoms with Crippen molar-refractivity contribution in [3.8, 4) is 0 Å². The van der Waals surface area contributed by atoms with E-state index in [2.05, 4.69) is 38.7 Å². The van der Waals surface area contributed by atoms with E-state index in [1.54, 1.807) is 0 Å². The van der Waals surface area contributed by atoms with Gasteiger partial charge in [-0.2, -0.15) is 0 Å². The standard InChI is InChI=1S/C13H19BrN2O/c1-10(9-15-2)13(17)16-8-7-11-3-5-12(14)6-4-11/h3-6,10,15H,7-9H2,1-2H3,(H,16,17). The Morgan fingerprint density at radius 3 is 2.59 bits per heavy atom. The minimum atomic E-state index is 0.0184. The maximum atomic E-state index is 11.6. The molecule has 2 N–H and O–H groups in total. The molecule has 0 heterocycles. The quantitative estimate of drug-likeness (QED) is 0.843. The van der Waals surface area contributed by atoms with E-state index in [4.69, 9.17) is 0 Å². The average molecular weight is 299 g/mol. The number of amides is 1. The number of halogens is 1. The fourth-order valence-corrected chi connectivity index (χ4v) is 1.82. The van der Waals surface area contributed by atoms with Gasteiger partial charge >= 0.3 is 0 Å². The van der Waals surface area contributed by atoms with Gasteiger partial charge in [0.15, 0.2) is 0 Å². The summed E-state index contributed by atoms with van der Waals surface area (Å²) in [5, 5.41) is 5.94. The third-order valence-corrected chi connectivity index (χ3v) is 3.11. The summed E-state index contributed by atoms with van der Waals surface area (Å²) in [4.78, 5) is 11.6. The largest absolute Gasteiger partial charge is 0.355 e. The van der Waals surface area contributed by atoms with E-state index in [1.807, 2.05) is 26.1 Å². The van der Waals surface area contributed by atoms with Gasteiger partial charge in [0.2, 0.25) is 5.91 Å². The van der Waals surface area contributed by atoms with Crippen molar-refractivity contribution < 1.29 is 4.79 Å². The average Bonchev–Trinajstić information content (AvgIpc) is 2.32. The molecular weight excluding hydrogens is 280 g/mol. The van der Waals surface area contributed by atoms with Crippen LogP contribution >= 0.6 is 15.9 Å². The molecule has 0 aromatic heterocycles. The van der Waals surface area contributed by atoms with E-state index in [0.717, 1.165) is 10.9 Å². The van der Waals surface area contributed by atoms with Crippen molar-refractivity contribution >= 4 is 21.8 Å². The summed E-state index contributed by atoms with van der Waals surface area (Å²) >= 11 is 3.40. The molecule has 1 aromatic rings. The minimum Gasteiger partial charge on any atom is -0.355 e. The maximum absolute atomic E-state index is 11.6. The predicted octanol–water partition coefficient (Wildman–Crippen LogP) is 1.96. The summed E-state index contributed by atoms with van der Waals surface area (Å²) in [6.07, 6.45) is 0.866. The number of rotatable bonds is 6. The Balaban J connectivity index is 2.28. The van der Waals surface area contributed by atoms with Gasteiger partial charge in [0.25, 0.3) is 0 Å². The van der Waals surface area contributed by atoms with Crippen LogP contribution in [0.1, 0.15) is 12.5 Å². The molecule has 94 valence electrons. The van der Waals surface area contributed by atoms with Crippen molar-refractivity contribution in [3.05, 3.63) is 34.3 Å². The van der Waals surface area contributed by atoms with Crippen LogP contribution in [-0.4, -0.2) is 26.0 Å². The molecule has 4 heteroatoms. The van der Waals surface area contributed by atoms with Gasteiger partial charge in [-0.3, -0.25) is 4.79 Å². The Labute approximate surface area is 111 Å². The zero-order valence-corrected chi connectivity index (χ0v) is 11.9. The van der Waals surface area contributed by atoms with E-state index < -0.39 is 0 Å². The lowest BCUT2D eigenvalue weighted by Gasteiger charge is -2.11. The van der Waals surface area contributed by atoms with Crippen LogP contribution in [0.15, 0.2) is 28.7 Å². The lowest BCUT2D eigenvalue weighted by atomic mass is 10.1. The van der Waals surface area contributed by atoms with E-state index in [9.17, 15) is 4.79 Å². The van der Waals surface area contributed by atoms with E-state index in [-0.39, 0.29) is 11.8 Å². The van der Waals surface area contributed by atoms with Gasteiger partial charge in [-0.05, 0) is 31.2 Å². The molecule has 0 radical (unpaired) electrons. The summed E-state index contributed by atoms with van der Waals surface area (Å²) in [7, 11) is 1.85. The molecule has 0 aliphatic rings. The van der Waals surface area contributed by atoms with Gasteiger partial charge in [-0.1, -0.05) is 35.0 Å². The molecule has 0 saturated carbocycles. The van der Waals surface area contributed by atoms with Gasteiger partial charge in [-0.15, -0.1) is 0 Å². The zero-order chi connectivity index (χ0) is 12.7. The fraction of sp³-hybridized carbons (Fsp3) is 0.462. The van der Waals surface area contributed by atoms with Crippen LogP contribution in [0.5, 0.6) is 0 Å². The highest BCUT2D eigenvalue weighted by Gasteiger charge is 2.10. The van der Waals surface area contributed by atoms with Crippen LogP contribution in [0.4, 0.5) is 0 Å². The number of benzene rings is 1. The molecule has 3 nitrogen and oxygen atoms in total. The number of nitrogens with one attached hydrogen (secondary N) is 2. The van der Waals surface area contributed by atoms with Crippen molar-refractivity contribution in [2.24, 2.45) is 5.92 Å². The first-order valence-electron chi connectivity index (χ1n) is 5.80. The Morgan fingerprint density at radius 2 is 2.00 bits per heavy atom. The van der Waals surface area contributed by atoms with Crippen LogP contribution in [0.3, 0.4) is 0 Å². The second-order valence-corrected chi connectivity index (χ2v) is 5.04. The minimum absolute atomic E-state index is 0.0184. The third-order valence-electron chi connectivity index (χ3n) is 2.58. The zero-order valence-electron chi connectivity index (χ0n) is 10.3.